The Kier molecular flexibility index (Phi) is 2.90. The van der Waals surface area contributed by atoms with E-state index >= 15 is 0 Å². The number of aromatic nitrogens is 1. The van der Waals surface area contributed by atoms with E-state index in [1.807, 2.05) is 19.1 Å². The molecule has 1 aromatic heterocycles. The van der Waals surface area contributed by atoms with Crippen LogP contribution in [0, 0.1) is 6.92 Å². The summed E-state index contributed by atoms with van der Waals surface area (Å²) >= 11 is 0. The SMILES string of the molecule is Cc1ccc2nc(-c3ccc(C(F)(F)F)cc3N)oc2c1. The molecule has 3 rings (SSSR count). The van der Waals surface area contributed by atoms with E-state index in [9.17, 15) is 13.2 Å². The number of hydrogen-bond donors (Lipinski definition) is 1. The van der Waals surface area contributed by atoms with Gasteiger partial charge in [-0.1, -0.05) is 6.07 Å². The molecule has 2 N–H and O–H groups in total. The predicted molar refractivity (Wildman–Crippen MR) is 73.6 cm³/mol. The van der Waals surface area contributed by atoms with Crippen molar-refractivity contribution in [3.63, 3.8) is 0 Å². The first-order valence-corrected chi connectivity index (χ1v) is 6.19. The number of rotatable bonds is 1. The average molecular weight is 292 g/mol. The van der Waals surface area contributed by atoms with Gasteiger partial charge in [0.25, 0.3) is 0 Å². The molecule has 3 nitrogen and oxygen atoms in total. The van der Waals surface area contributed by atoms with Gasteiger partial charge in [0, 0.05) is 5.69 Å². The maximum absolute atomic E-state index is 12.6. The van der Waals surface area contributed by atoms with Crippen molar-refractivity contribution in [1.82, 2.24) is 4.98 Å². The van der Waals surface area contributed by atoms with Crippen LogP contribution in [0.2, 0.25) is 0 Å². The maximum atomic E-state index is 12.6. The Morgan fingerprint density at radius 2 is 1.86 bits per heavy atom. The van der Waals surface area contributed by atoms with E-state index in [0.717, 1.165) is 17.7 Å². The van der Waals surface area contributed by atoms with Crippen molar-refractivity contribution in [2.45, 2.75) is 13.1 Å². The van der Waals surface area contributed by atoms with E-state index in [-0.39, 0.29) is 11.6 Å². The smallest absolute Gasteiger partial charge is 0.416 e. The second-order valence-electron chi connectivity index (χ2n) is 4.79. The first-order valence-electron chi connectivity index (χ1n) is 6.19. The Balaban J connectivity index is 2.10. The molecular weight excluding hydrogens is 281 g/mol. The standard InChI is InChI=1S/C15H11F3N2O/c1-8-2-5-12-13(6-8)21-14(20-12)10-4-3-9(7-11(10)19)15(16,17)18/h2-7H,19H2,1H3. The number of hydrogen-bond acceptors (Lipinski definition) is 3. The number of alkyl halides is 3. The molecule has 21 heavy (non-hydrogen) atoms. The number of nitrogens with two attached hydrogens (primary N) is 1. The third-order valence-electron chi connectivity index (χ3n) is 3.15. The second-order valence-corrected chi connectivity index (χ2v) is 4.79. The lowest BCUT2D eigenvalue weighted by Crippen LogP contribution is -2.06. The van der Waals surface area contributed by atoms with Crippen molar-refractivity contribution in [2.24, 2.45) is 0 Å². The fourth-order valence-electron chi connectivity index (χ4n) is 2.08. The molecule has 0 aliphatic heterocycles. The Bertz CT molecular complexity index is 821. The molecule has 0 radical (unpaired) electrons. The van der Waals surface area contributed by atoms with E-state index in [4.69, 9.17) is 10.2 Å². The highest BCUT2D eigenvalue weighted by atomic mass is 19.4. The van der Waals surface area contributed by atoms with Crippen LogP contribution in [-0.4, -0.2) is 4.98 Å². The third kappa shape index (κ3) is 2.44. The number of halogens is 3. The maximum Gasteiger partial charge on any atom is 0.416 e. The summed E-state index contributed by atoms with van der Waals surface area (Å²) in [5, 5.41) is 0. The lowest BCUT2D eigenvalue weighted by Gasteiger charge is -2.08. The van der Waals surface area contributed by atoms with Gasteiger partial charge in [-0.2, -0.15) is 13.2 Å². The number of fused-ring (bicyclic) bond motifs is 1. The highest BCUT2D eigenvalue weighted by Gasteiger charge is 2.31. The number of oxazole rings is 1. The minimum absolute atomic E-state index is 0.0203. The van der Waals surface area contributed by atoms with Crippen LogP contribution in [0.25, 0.3) is 22.6 Å². The second kappa shape index (κ2) is 4.51. The zero-order valence-electron chi connectivity index (χ0n) is 11.0. The van der Waals surface area contributed by atoms with Gasteiger partial charge >= 0.3 is 6.18 Å². The first kappa shape index (κ1) is 13.5. The Hall–Kier alpha value is -2.50. The normalized spacial score (nSPS) is 12.0. The molecule has 108 valence electrons. The van der Waals surface area contributed by atoms with Crippen LogP contribution >= 0.6 is 0 Å². The van der Waals surface area contributed by atoms with Gasteiger partial charge in [0.15, 0.2) is 5.58 Å². The molecule has 3 aromatic rings. The van der Waals surface area contributed by atoms with Crippen molar-refractivity contribution in [3.8, 4) is 11.5 Å². The Morgan fingerprint density at radius 1 is 1.10 bits per heavy atom. The summed E-state index contributed by atoms with van der Waals surface area (Å²) < 4.78 is 43.4. The van der Waals surface area contributed by atoms with E-state index in [0.29, 0.717) is 16.7 Å². The molecule has 0 fully saturated rings. The summed E-state index contributed by atoms with van der Waals surface area (Å²) in [6.07, 6.45) is -4.43. The van der Waals surface area contributed by atoms with E-state index < -0.39 is 11.7 Å². The van der Waals surface area contributed by atoms with Crippen LogP contribution in [0.15, 0.2) is 40.8 Å². The molecule has 2 aromatic carbocycles. The molecule has 0 bridgehead atoms. The van der Waals surface area contributed by atoms with Gasteiger partial charge in [0.05, 0.1) is 11.1 Å². The zero-order chi connectivity index (χ0) is 15.2. The van der Waals surface area contributed by atoms with Crippen LogP contribution in [0.5, 0.6) is 0 Å². The van der Waals surface area contributed by atoms with Crippen LogP contribution < -0.4 is 5.73 Å². The largest absolute Gasteiger partial charge is 0.436 e. The molecule has 1 heterocycles. The number of nitrogen functional groups attached to an aromatic ring is 1. The zero-order valence-corrected chi connectivity index (χ0v) is 11.0. The predicted octanol–water partition coefficient (Wildman–Crippen LogP) is 4.40. The van der Waals surface area contributed by atoms with Gasteiger partial charge in [-0.25, -0.2) is 4.98 Å². The van der Waals surface area contributed by atoms with Crippen molar-refractivity contribution >= 4 is 16.8 Å². The fourth-order valence-corrected chi connectivity index (χ4v) is 2.08. The van der Waals surface area contributed by atoms with Crippen LogP contribution in [0.4, 0.5) is 18.9 Å². The topological polar surface area (TPSA) is 52.0 Å². The number of aryl methyl sites for hydroxylation is 1. The highest BCUT2D eigenvalue weighted by Crippen LogP contribution is 2.35. The quantitative estimate of drug-likeness (QED) is 0.676. The van der Waals surface area contributed by atoms with E-state index in [1.165, 1.54) is 6.07 Å². The van der Waals surface area contributed by atoms with Gasteiger partial charge in [0.1, 0.15) is 5.52 Å². The number of anilines is 1. The van der Waals surface area contributed by atoms with Crippen LogP contribution in [0.3, 0.4) is 0 Å². The Morgan fingerprint density at radius 3 is 2.52 bits per heavy atom. The van der Waals surface area contributed by atoms with Crippen molar-refractivity contribution in [3.05, 3.63) is 47.5 Å². The highest BCUT2D eigenvalue weighted by molar-refractivity contribution is 5.80. The fraction of sp³-hybridized carbons (Fsp3) is 0.133. The van der Waals surface area contributed by atoms with Gasteiger partial charge in [-0.3, -0.25) is 0 Å². The number of nitrogens with zero attached hydrogens (tertiary/aromatic N) is 1. The summed E-state index contributed by atoms with van der Waals surface area (Å²) in [4.78, 5) is 4.25. The van der Waals surface area contributed by atoms with Gasteiger partial charge in [-0.05, 0) is 42.8 Å². The molecule has 0 saturated heterocycles. The Labute approximate surface area is 118 Å². The monoisotopic (exact) mass is 292 g/mol. The van der Waals surface area contributed by atoms with Crippen LogP contribution in [0.1, 0.15) is 11.1 Å². The van der Waals surface area contributed by atoms with E-state index in [2.05, 4.69) is 4.98 Å². The minimum Gasteiger partial charge on any atom is -0.436 e. The molecule has 0 spiro atoms. The first-order chi connectivity index (χ1) is 9.84. The molecular formula is C15H11F3N2O. The molecule has 0 amide bonds. The van der Waals surface area contributed by atoms with Crippen molar-refractivity contribution < 1.29 is 17.6 Å². The van der Waals surface area contributed by atoms with E-state index in [1.54, 1.807) is 6.07 Å². The molecule has 0 unspecified atom stereocenters. The minimum atomic E-state index is -4.43. The molecule has 0 aliphatic carbocycles. The molecule has 6 heteroatoms. The lowest BCUT2D eigenvalue weighted by molar-refractivity contribution is -0.137. The molecule has 0 aliphatic rings. The third-order valence-corrected chi connectivity index (χ3v) is 3.15. The van der Waals surface area contributed by atoms with Crippen molar-refractivity contribution in [2.75, 3.05) is 5.73 Å². The van der Waals surface area contributed by atoms with Crippen molar-refractivity contribution in [1.29, 1.82) is 0 Å². The lowest BCUT2D eigenvalue weighted by atomic mass is 10.1. The molecule has 0 saturated carbocycles. The van der Waals surface area contributed by atoms with Crippen LogP contribution in [-0.2, 0) is 6.18 Å². The van der Waals surface area contributed by atoms with Gasteiger partial charge < -0.3 is 10.2 Å². The summed E-state index contributed by atoms with van der Waals surface area (Å²) in [6.45, 7) is 1.91. The average Bonchev–Trinajstić information content (AvgIpc) is 2.80. The molecule has 0 atom stereocenters. The summed E-state index contributed by atoms with van der Waals surface area (Å²) in [5.74, 6) is 0.210. The van der Waals surface area contributed by atoms with Gasteiger partial charge in [-0.15, -0.1) is 0 Å². The van der Waals surface area contributed by atoms with Gasteiger partial charge in [0.2, 0.25) is 5.89 Å². The summed E-state index contributed by atoms with van der Waals surface area (Å²) in [5.41, 5.74) is 7.44. The summed E-state index contributed by atoms with van der Waals surface area (Å²) in [6, 6.07) is 8.60. The number of benzene rings is 2. The summed E-state index contributed by atoms with van der Waals surface area (Å²) in [7, 11) is 0.